The summed E-state index contributed by atoms with van der Waals surface area (Å²) in [6, 6.07) is 19.7. The van der Waals surface area contributed by atoms with Gasteiger partial charge >= 0.3 is 5.97 Å². The summed E-state index contributed by atoms with van der Waals surface area (Å²) in [4.78, 5) is 26.5. The number of furan rings is 1. The maximum Gasteiger partial charge on any atom is 0.375 e. The number of amides is 1. The average molecular weight is 408 g/mol. The van der Waals surface area contributed by atoms with E-state index in [1.807, 2.05) is 61.5 Å². The molecule has 1 atom stereocenters. The van der Waals surface area contributed by atoms with Crippen molar-refractivity contribution in [1.82, 2.24) is 0 Å². The Morgan fingerprint density at radius 2 is 1.70 bits per heavy atom. The molecule has 7 heteroatoms. The van der Waals surface area contributed by atoms with Crippen LogP contribution in [-0.2, 0) is 16.1 Å². The van der Waals surface area contributed by atoms with Crippen LogP contribution in [0.4, 0.5) is 11.4 Å². The predicted octanol–water partition coefficient (Wildman–Crippen LogP) is 4.11. The molecule has 3 aromatic rings. The second-order valence-corrected chi connectivity index (χ2v) is 6.85. The molecule has 30 heavy (non-hydrogen) atoms. The Morgan fingerprint density at radius 1 is 1.00 bits per heavy atom. The molecule has 0 aliphatic rings. The number of anilines is 2. The second-order valence-electron chi connectivity index (χ2n) is 6.85. The van der Waals surface area contributed by atoms with E-state index in [-0.39, 0.29) is 12.4 Å². The zero-order valence-corrected chi connectivity index (χ0v) is 17.1. The number of hydrogen-bond donors (Lipinski definition) is 1. The quantitative estimate of drug-likeness (QED) is 0.565. The lowest BCUT2D eigenvalue weighted by Gasteiger charge is -2.15. The van der Waals surface area contributed by atoms with E-state index < -0.39 is 18.0 Å². The van der Waals surface area contributed by atoms with E-state index in [2.05, 4.69) is 5.32 Å². The number of carbonyl (C=O) groups excluding carboxylic acids is 2. The predicted molar refractivity (Wildman–Crippen MR) is 114 cm³/mol. The molecular formula is C23H24N2O5. The summed E-state index contributed by atoms with van der Waals surface area (Å²) < 4.78 is 16.3. The average Bonchev–Trinajstić information content (AvgIpc) is 3.22. The maximum absolute atomic E-state index is 12.3. The number of benzene rings is 2. The fraction of sp³-hybridized carbons (Fsp3) is 0.217. The minimum Gasteiger partial charge on any atom is -0.486 e. The van der Waals surface area contributed by atoms with Crippen molar-refractivity contribution >= 4 is 23.3 Å². The number of rotatable bonds is 8. The molecule has 7 nitrogen and oxygen atoms in total. The number of para-hydroxylation sites is 1. The lowest BCUT2D eigenvalue weighted by molar-refractivity contribution is -0.123. The number of nitrogens with zero attached hydrogens (tertiary/aromatic N) is 1. The van der Waals surface area contributed by atoms with Gasteiger partial charge in [-0.25, -0.2) is 4.79 Å². The summed E-state index contributed by atoms with van der Waals surface area (Å²) in [5, 5.41) is 2.72. The van der Waals surface area contributed by atoms with Crippen molar-refractivity contribution in [2.75, 3.05) is 24.3 Å². The van der Waals surface area contributed by atoms with Crippen molar-refractivity contribution in [3.63, 3.8) is 0 Å². The third-order valence-corrected chi connectivity index (χ3v) is 4.29. The van der Waals surface area contributed by atoms with Gasteiger partial charge in [-0.1, -0.05) is 18.2 Å². The first-order valence-electron chi connectivity index (χ1n) is 9.48. The van der Waals surface area contributed by atoms with Gasteiger partial charge in [-0.3, -0.25) is 4.79 Å². The normalized spacial score (nSPS) is 11.4. The van der Waals surface area contributed by atoms with Gasteiger partial charge in [0.05, 0.1) is 0 Å². The minimum atomic E-state index is -0.986. The van der Waals surface area contributed by atoms with Gasteiger partial charge in [0.1, 0.15) is 18.1 Å². The van der Waals surface area contributed by atoms with E-state index in [1.165, 1.54) is 13.0 Å². The smallest absolute Gasteiger partial charge is 0.375 e. The molecule has 0 saturated carbocycles. The molecule has 2 aromatic carbocycles. The SMILES string of the molecule is C[C@H](OC(=O)c1ccc(COc2ccccc2)o1)C(=O)Nc1ccc(N(C)C)cc1. The first-order valence-corrected chi connectivity index (χ1v) is 9.48. The van der Waals surface area contributed by atoms with Crippen LogP contribution in [0.15, 0.2) is 71.1 Å². The minimum absolute atomic E-state index is 0.0108. The molecule has 0 unspecified atom stereocenters. The molecule has 1 N–H and O–H groups in total. The maximum atomic E-state index is 12.3. The largest absolute Gasteiger partial charge is 0.486 e. The molecule has 0 spiro atoms. The van der Waals surface area contributed by atoms with Gasteiger partial charge in [0.15, 0.2) is 6.10 Å². The van der Waals surface area contributed by atoms with Crippen LogP contribution in [-0.4, -0.2) is 32.1 Å². The van der Waals surface area contributed by atoms with Crippen LogP contribution in [0.3, 0.4) is 0 Å². The molecular weight excluding hydrogens is 384 g/mol. The molecule has 1 heterocycles. The van der Waals surface area contributed by atoms with Gasteiger partial charge in [0.2, 0.25) is 5.76 Å². The molecule has 3 rings (SSSR count). The monoisotopic (exact) mass is 408 g/mol. The van der Waals surface area contributed by atoms with E-state index in [0.29, 0.717) is 17.2 Å². The third kappa shape index (κ3) is 5.64. The molecule has 0 aliphatic carbocycles. The van der Waals surface area contributed by atoms with E-state index in [1.54, 1.807) is 18.2 Å². The van der Waals surface area contributed by atoms with E-state index in [9.17, 15) is 9.59 Å². The highest BCUT2D eigenvalue weighted by Gasteiger charge is 2.21. The zero-order valence-electron chi connectivity index (χ0n) is 17.1. The number of esters is 1. The van der Waals surface area contributed by atoms with Gasteiger partial charge in [-0.15, -0.1) is 0 Å². The number of ether oxygens (including phenoxy) is 2. The summed E-state index contributed by atoms with van der Waals surface area (Å²) in [5.41, 5.74) is 1.63. The summed E-state index contributed by atoms with van der Waals surface area (Å²) in [6.45, 7) is 1.68. The van der Waals surface area contributed by atoms with Crippen molar-refractivity contribution in [3.05, 3.63) is 78.3 Å². The number of hydrogen-bond acceptors (Lipinski definition) is 6. The summed E-state index contributed by atoms with van der Waals surface area (Å²) in [6.07, 6.45) is -0.986. The first-order chi connectivity index (χ1) is 14.4. The van der Waals surface area contributed by atoms with Gasteiger partial charge in [0.25, 0.3) is 5.91 Å². The van der Waals surface area contributed by atoms with Gasteiger partial charge < -0.3 is 24.1 Å². The molecule has 1 aromatic heterocycles. The van der Waals surface area contributed by atoms with Crippen molar-refractivity contribution in [2.45, 2.75) is 19.6 Å². The molecule has 0 fully saturated rings. The Hall–Kier alpha value is -3.74. The molecule has 0 bridgehead atoms. The third-order valence-electron chi connectivity index (χ3n) is 4.29. The topological polar surface area (TPSA) is 81.0 Å². The standard InChI is InChI=1S/C23H24N2O5/c1-16(22(26)24-17-9-11-18(12-10-17)25(2)3)29-23(27)21-14-13-20(30-21)15-28-19-7-5-4-6-8-19/h4-14,16H,15H2,1-3H3,(H,24,26)/t16-/m0/s1. The van der Waals surface area contributed by atoms with Gasteiger partial charge in [-0.05, 0) is 55.5 Å². The van der Waals surface area contributed by atoms with Gasteiger partial charge in [-0.2, -0.15) is 0 Å². The fourth-order valence-electron chi connectivity index (χ4n) is 2.60. The van der Waals surface area contributed by atoms with Crippen LogP contribution in [0, 0.1) is 0 Å². The van der Waals surface area contributed by atoms with Crippen LogP contribution >= 0.6 is 0 Å². The molecule has 1 amide bonds. The summed E-state index contributed by atoms with van der Waals surface area (Å²) >= 11 is 0. The van der Waals surface area contributed by atoms with Crippen molar-refractivity contribution in [1.29, 1.82) is 0 Å². The van der Waals surface area contributed by atoms with Crippen LogP contribution < -0.4 is 15.0 Å². The van der Waals surface area contributed by atoms with Crippen LogP contribution in [0.1, 0.15) is 23.2 Å². The summed E-state index contributed by atoms with van der Waals surface area (Å²) in [7, 11) is 3.87. The highest BCUT2D eigenvalue weighted by Crippen LogP contribution is 2.17. The number of carbonyl (C=O) groups is 2. The molecule has 0 radical (unpaired) electrons. The van der Waals surface area contributed by atoms with Gasteiger partial charge in [0, 0.05) is 25.5 Å². The fourth-order valence-corrected chi connectivity index (χ4v) is 2.60. The zero-order chi connectivity index (χ0) is 21.5. The van der Waals surface area contributed by atoms with E-state index in [0.717, 1.165) is 5.69 Å². The Bertz CT molecular complexity index is 980. The highest BCUT2D eigenvalue weighted by molar-refractivity contribution is 5.96. The van der Waals surface area contributed by atoms with Crippen molar-refractivity contribution < 1.29 is 23.5 Å². The summed E-state index contributed by atoms with van der Waals surface area (Å²) in [5.74, 6) is 0.0363. The number of nitrogens with one attached hydrogen (secondary N) is 1. The van der Waals surface area contributed by atoms with Crippen molar-refractivity contribution in [3.8, 4) is 5.75 Å². The van der Waals surface area contributed by atoms with E-state index >= 15 is 0 Å². The lowest BCUT2D eigenvalue weighted by atomic mass is 10.2. The van der Waals surface area contributed by atoms with Crippen LogP contribution in [0.2, 0.25) is 0 Å². The highest BCUT2D eigenvalue weighted by atomic mass is 16.6. The molecule has 0 aliphatic heterocycles. The lowest BCUT2D eigenvalue weighted by Crippen LogP contribution is -2.29. The Kier molecular flexibility index (Phi) is 6.75. The second kappa shape index (κ2) is 9.65. The molecule has 156 valence electrons. The molecule has 0 saturated heterocycles. The Balaban J connectivity index is 1.51. The Labute approximate surface area is 175 Å². The van der Waals surface area contributed by atoms with Crippen molar-refractivity contribution in [2.24, 2.45) is 0 Å². The van der Waals surface area contributed by atoms with Crippen LogP contribution in [0.5, 0.6) is 5.75 Å². The Morgan fingerprint density at radius 3 is 2.37 bits per heavy atom. The first kappa shape index (κ1) is 21.0. The van der Waals surface area contributed by atoms with Crippen LogP contribution in [0.25, 0.3) is 0 Å². The van der Waals surface area contributed by atoms with E-state index in [4.69, 9.17) is 13.9 Å².